The maximum Gasteiger partial charge on any atom is 0.320 e. The van der Waals surface area contributed by atoms with Gasteiger partial charge in [-0.1, -0.05) is 12.2 Å². The molecule has 1 aromatic rings. The summed E-state index contributed by atoms with van der Waals surface area (Å²) in [7, 11) is 0. The van der Waals surface area contributed by atoms with Gasteiger partial charge in [0.15, 0.2) is 11.8 Å². The Morgan fingerprint density at radius 3 is 2.33 bits per heavy atom. The van der Waals surface area contributed by atoms with E-state index < -0.39 is 12.0 Å². The van der Waals surface area contributed by atoms with Crippen LogP contribution in [0, 0.1) is 0 Å². The number of carbonyl (C=O) groups is 1. The van der Waals surface area contributed by atoms with E-state index in [1.54, 1.807) is 0 Å². The summed E-state index contributed by atoms with van der Waals surface area (Å²) in [5.74, 6) is -0.248. The van der Waals surface area contributed by atoms with Crippen molar-refractivity contribution in [3.05, 3.63) is 23.3 Å². The highest BCUT2D eigenvalue weighted by Gasteiger charge is 2.40. The lowest BCUT2D eigenvalue weighted by Crippen LogP contribution is -2.29. The molecule has 0 aliphatic heterocycles. The zero-order valence-corrected chi connectivity index (χ0v) is 11.7. The summed E-state index contributed by atoms with van der Waals surface area (Å²) in [5, 5.41) is 29.3. The Balaban J connectivity index is 1.64. The lowest BCUT2D eigenvalue weighted by atomic mass is 10.0. The molecule has 6 heteroatoms. The molecule has 6 nitrogen and oxygen atoms in total. The number of aromatic hydroxyl groups is 2. The number of rotatable bonds is 6. The van der Waals surface area contributed by atoms with Crippen molar-refractivity contribution in [2.24, 2.45) is 5.73 Å². The smallest absolute Gasteiger partial charge is 0.320 e. The van der Waals surface area contributed by atoms with Gasteiger partial charge in [-0.3, -0.25) is 9.36 Å². The Labute approximate surface area is 122 Å². The third-order valence-electron chi connectivity index (χ3n) is 4.57. The maximum absolute atomic E-state index is 10.6. The van der Waals surface area contributed by atoms with Gasteiger partial charge in [-0.05, 0) is 25.7 Å². The average molecular weight is 292 g/mol. The number of aromatic nitrogens is 1. The van der Waals surface area contributed by atoms with E-state index in [1.807, 2.05) is 0 Å². The van der Waals surface area contributed by atoms with Crippen molar-refractivity contribution < 1.29 is 20.1 Å². The van der Waals surface area contributed by atoms with Gasteiger partial charge >= 0.3 is 5.97 Å². The number of hydrogen-bond acceptors (Lipinski definition) is 4. The third-order valence-corrected chi connectivity index (χ3v) is 4.57. The van der Waals surface area contributed by atoms with Gasteiger partial charge in [0, 0.05) is 29.5 Å². The summed E-state index contributed by atoms with van der Waals surface area (Å²) in [6.07, 6.45) is 6.81. The van der Waals surface area contributed by atoms with Crippen LogP contribution in [0.2, 0.25) is 0 Å². The number of unbranched alkanes of at least 4 members (excludes halogenated alkanes) is 1. The van der Waals surface area contributed by atoms with E-state index in [0.717, 1.165) is 17.5 Å². The number of nitrogens with two attached hydrogens (primary N) is 1. The molecular formula is C15H20N2O4. The lowest BCUT2D eigenvalue weighted by Gasteiger charge is -2.10. The standard InChI is InChI=1S/C15H20N2O4/c16-10(15(20)21)3-1-2-6-17-13(18)11-8-4-5-9(7-8)12(11)14(17)19/h4-5,8-10,18-19H,1-3,6-7,16H2,(H,20,21). The predicted octanol–water partition coefficient (Wildman–Crippen LogP) is 1.62. The Hall–Kier alpha value is -1.95. The molecule has 1 heterocycles. The third kappa shape index (κ3) is 2.19. The van der Waals surface area contributed by atoms with E-state index >= 15 is 0 Å². The van der Waals surface area contributed by atoms with Crippen molar-refractivity contribution in [2.75, 3.05) is 0 Å². The van der Waals surface area contributed by atoms with Gasteiger partial charge in [-0.15, -0.1) is 0 Å². The SMILES string of the molecule is NC(CCCCn1c(O)c2c(c1O)C1C=CC2C1)C(=O)O. The van der Waals surface area contributed by atoms with Crippen LogP contribution in [0.3, 0.4) is 0 Å². The Bertz CT molecular complexity index is 570. The van der Waals surface area contributed by atoms with E-state index in [9.17, 15) is 15.0 Å². The zero-order chi connectivity index (χ0) is 15.1. The highest BCUT2D eigenvalue weighted by Crippen LogP contribution is 2.56. The average Bonchev–Trinajstić information content (AvgIpc) is 3.11. The van der Waals surface area contributed by atoms with Crippen LogP contribution in [-0.2, 0) is 11.3 Å². The molecule has 3 atom stereocenters. The van der Waals surface area contributed by atoms with E-state index in [2.05, 4.69) is 12.2 Å². The quantitative estimate of drug-likeness (QED) is 0.470. The van der Waals surface area contributed by atoms with Crippen LogP contribution in [-0.4, -0.2) is 31.9 Å². The zero-order valence-electron chi connectivity index (χ0n) is 11.7. The molecule has 114 valence electrons. The van der Waals surface area contributed by atoms with E-state index in [0.29, 0.717) is 25.8 Å². The molecule has 21 heavy (non-hydrogen) atoms. The fourth-order valence-electron chi connectivity index (χ4n) is 3.46. The maximum atomic E-state index is 10.6. The van der Waals surface area contributed by atoms with Crippen LogP contribution in [0.15, 0.2) is 12.2 Å². The number of hydrogen-bond donors (Lipinski definition) is 4. The second-order valence-corrected chi connectivity index (χ2v) is 5.90. The first-order chi connectivity index (χ1) is 10.0. The fourth-order valence-corrected chi connectivity index (χ4v) is 3.46. The molecule has 0 aromatic carbocycles. The van der Waals surface area contributed by atoms with E-state index in [4.69, 9.17) is 10.8 Å². The highest BCUT2D eigenvalue weighted by molar-refractivity contribution is 5.72. The number of carboxylic acid groups (broad SMARTS) is 1. The fraction of sp³-hybridized carbons (Fsp3) is 0.533. The molecular weight excluding hydrogens is 272 g/mol. The first-order valence-corrected chi connectivity index (χ1v) is 7.31. The van der Waals surface area contributed by atoms with Crippen molar-refractivity contribution in [1.29, 1.82) is 0 Å². The van der Waals surface area contributed by atoms with Gasteiger partial charge in [0.2, 0.25) is 0 Å². The topological polar surface area (TPSA) is 109 Å². The van der Waals surface area contributed by atoms with Gasteiger partial charge in [0.1, 0.15) is 6.04 Å². The summed E-state index contributed by atoms with van der Waals surface area (Å²) in [4.78, 5) is 10.6. The molecule has 1 aromatic heterocycles. The van der Waals surface area contributed by atoms with Crippen molar-refractivity contribution >= 4 is 5.97 Å². The molecule has 0 amide bonds. The highest BCUT2D eigenvalue weighted by atomic mass is 16.4. The van der Waals surface area contributed by atoms with Crippen molar-refractivity contribution in [1.82, 2.24) is 4.57 Å². The van der Waals surface area contributed by atoms with Crippen LogP contribution in [0.4, 0.5) is 0 Å². The molecule has 2 bridgehead atoms. The van der Waals surface area contributed by atoms with Crippen LogP contribution in [0.5, 0.6) is 11.8 Å². The van der Waals surface area contributed by atoms with Crippen LogP contribution < -0.4 is 5.73 Å². The number of allylic oxidation sites excluding steroid dienone is 2. The summed E-state index contributed by atoms with van der Waals surface area (Å²) >= 11 is 0. The summed E-state index contributed by atoms with van der Waals surface area (Å²) in [5.41, 5.74) is 7.17. The molecule has 3 rings (SSSR count). The number of aliphatic carboxylic acids is 1. The van der Waals surface area contributed by atoms with Crippen molar-refractivity contribution in [2.45, 2.75) is 50.1 Å². The van der Waals surface area contributed by atoms with Crippen molar-refractivity contribution in [3.8, 4) is 11.8 Å². The summed E-state index contributed by atoms with van der Waals surface area (Å²) < 4.78 is 1.53. The lowest BCUT2D eigenvalue weighted by molar-refractivity contribution is -0.138. The second kappa shape index (κ2) is 5.11. The molecule has 0 radical (unpaired) electrons. The molecule has 2 aliphatic carbocycles. The molecule has 0 fully saturated rings. The Morgan fingerprint density at radius 2 is 1.81 bits per heavy atom. The van der Waals surface area contributed by atoms with Gasteiger partial charge in [-0.25, -0.2) is 0 Å². The monoisotopic (exact) mass is 292 g/mol. The molecule has 5 N–H and O–H groups in total. The minimum atomic E-state index is -0.997. The first kappa shape index (κ1) is 14.0. The summed E-state index contributed by atoms with van der Waals surface area (Å²) in [6.45, 7) is 0.469. The first-order valence-electron chi connectivity index (χ1n) is 7.31. The normalized spacial score (nSPS) is 23.5. The molecule has 0 saturated heterocycles. The second-order valence-electron chi connectivity index (χ2n) is 5.90. The van der Waals surface area contributed by atoms with Gasteiger partial charge in [-0.2, -0.15) is 0 Å². The van der Waals surface area contributed by atoms with Crippen molar-refractivity contribution in [3.63, 3.8) is 0 Å². The Kier molecular flexibility index (Phi) is 3.41. The molecule has 3 unspecified atom stereocenters. The minimum Gasteiger partial charge on any atom is -0.494 e. The van der Waals surface area contributed by atoms with E-state index in [-0.39, 0.29) is 23.6 Å². The van der Waals surface area contributed by atoms with Gasteiger partial charge in [0.25, 0.3) is 0 Å². The molecule has 2 aliphatic rings. The minimum absolute atomic E-state index is 0.155. The Morgan fingerprint density at radius 1 is 1.24 bits per heavy atom. The van der Waals surface area contributed by atoms with Crippen LogP contribution >= 0.6 is 0 Å². The number of fused-ring (bicyclic) bond motifs is 5. The van der Waals surface area contributed by atoms with Crippen LogP contribution in [0.1, 0.15) is 48.6 Å². The van der Waals surface area contributed by atoms with E-state index in [1.165, 1.54) is 4.57 Å². The molecule has 0 saturated carbocycles. The van der Waals surface area contributed by atoms with Gasteiger partial charge < -0.3 is 21.1 Å². The number of nitrogens with zero attached hydrogens (tertiary/aromatic N) is 1. The predicted molar refractivity (Wildman–Crippen MR) is 76.5 cm³/mol. The van der Waals surface area contributed by atoms with Crippen LogP contribution in [0.25, 0.3) is 0 Å². The largest absolute Gasteiger partial charge is 0.494 e. The summed E-state index contributed by atoms with van der Waals surface area (Å²) in [6, 6.07) is -0.845. The van der Waals surface area contributed by atoms with Gasteiger partial charge in [0.05, 0.1) is 0 Å². The molecule has 0 spiro atoms. The number of carboxylic acids is 1.